The predicted molar refractivity (Wildman–Crippen MR) is 520 cm³/mol. The molecule has 3 N–H and O–H groups in total. The van der Waals surface area contributed by atoms with Crippen molar-refractivity contribution in [3.63, 3.8) is 0 Å². The van der Waals surface area contributed by atoms with E-state index in [4.69, 9.17) is 62.3 Å². The number of aromatic carboxylic acids is 1. The van der Waals surface area contributed by atoms with Crippen LogP contribution < -0.4 is 40.1 Å². The molecule has 7 fully saturated rings. The molecule has 18 heterocycles. The molecule has 1 aliphatic carbocycles. The molecule has 1 saturated carbocycles. The number of nitrogens with zero attached hydrogens (tertiary/aromatic N) is 21. The normalized spacial score (nSPS) is 18.7. The van der Waals surface area contributed by atoms with E-state index >= 15 is 0 Å². The number of alkyl halides is 1. The number of nitrogens with two attached hydrogens (primary N) is 1. The zero-order valence-corrected chi connectivity index (χ0v) is 80.9. The summed E-state index contributed by atoms with van der Waals surface area (Å²) >= 11 is -0.00126. The standard InChI is InChI=1S/2C33H35N7O4.C31H31N7O4.C6H13INO/c2*1-3-44-33(42)26-18-35-40-29(37(2)19-22-8-5-4-6-9-22)17-28(36-32(26)40)27-21-39(31-25(27)10-7-13-34-31)24-16-30(41)38(20-24)23-11-14-43-15-12-23;1-35(17-20-6-3-2-4-7-20)27-15-26(34-30-24(31(40)41)16-33-38(27)30)25-19-37(29-23(25)8-5-11-32-29)22-14-28(39)36(18-22)21-9-12-42-13-10-21;1-9-6-3-2-5(6)4-7-8/h2*4-10,13,17-18,21,23-24H,3,11-12,14-16,19-20H2,1-2H3;2-8,11,15-16,19,21-22H,9-10,12-14,17-18H2,1H3,(H,40,41);5-6H,2-4,8H2,1H3/q;;;-1/t2*24-;22-;5-,6+/m1011/s1. The van der Waals surface area contributed by atoms with Gasteiger partial charge in [-0.3, -0.25) is 14.4 Å². The maximum atomic E-state index is 13.2. The van der Waals surface area contributed by atoms with Gasteiger partial charge in [0.15, 0.2) is 16.9 Å². The summed E-state index contributed by atoms with van der Waals surface area (Å²) < 4.78 is 50.6. The van der Waals surface area contributed by atoms with Gasteiger partial charge in [0.05, 0.1) is 67.0 Å². The zero-order chi connectivity index (χ0) is 95.9. The van der Waals surface area contributed by atoms with Gasteiger partial charge in [-0.05, 0) is 105 Å². The number of hydrogen-bond acceptors (Lipinski definition) is 25. The van der Waals surface area contributed by atoms with Gasteiger partial charge in [0, 0.05) is 226 Å². The molecule has 7 aliphatic rings. The molecule has 3 aromatic carbocycles. The van der Waals surface area contributed by atoms with Crippen LogP contribution in [-0.4, -0.2) is 257 Å². The summed E-state index contributed by atoms with van der Waals surface area (Å²) in [5, 5.41) is 26.1. The first-order chi connectivity index (χ1) is 67.9. The number of carboxylic acid groups (broad SMARTS) is 1. The van der Waals surface area contributed by atoms with Gasteiger partial charge in [-0.25, -0.2) is 44.3 Å². The third-order valence-corrected chi connectivity index (χ3v) is 29.2. The van der Waals surface area contributed by atoms with Gasteiger partial charge in [-0.15, -0.1) is 0 Å². The second-order valence-corrected chi connectivity index (χ2v) is 38.0. The molecule has 12 aromatic heterocycles. The Hall–Kier alpha value is -13.7. The molecule has 22 rings (SSSR count). The van der Waals surface area contributed by atoms with Crippen LogP contribution in [-0.2, 0) is 62.4 Å². The molecule has 0 radical (unpaired) electrons. The van der Waals surface area contributed by atoms with E-state index in [2.05, 4.69) is 75.5 Å². The second kappa shape index (κ2) is 42.4. The third-order valence-electron chi connectivity index (χ3n) is 27.6. The van der Waals surface area contributed by atoms with Gasteiger partial charge in [0.1, 0.15) is 51.1 Å². The zero-order valence-electron chi connectivity index (χ0n) is 78.7. The fourth-order valence-electron chi connectivity index (χ4n) is 20.3. The van der Waals surface area contributed by atoms with Crippen LogP contribution in [0.25, 0.3) is 83.8 Å². The van der Waals surface area contributed by atoms with E-state index in [1.807, 2.05) is 168 Å². The van der Waals surface area contributed by atoms with E-state index in [0.717, 1.165) is 123 Å². The fourth-order valence-corrected chi connectivity index (χ4v) is 22.0. The molecule has 722 valence electrons. The summed E-state index contributed by atoms with van der Waals surface area (Å²) in [5.74, 6) is 1.54. The molecule has 0 bridgehead atoms. The first-order valence-corrected chi connectivity index (χ1v) is 50.4. The number of fused-ring (bicyclic) bond motifs is 6. The summed E-state index contributed by atoms with van der Waals surface area (Å²) in [6.07, 6.45) is 25.4. The van der Waals surface area contributed by atoms with Crippen molar-refractivity contribution >= 4 is 103 Å². The van der Waals surface area contributed by atoms with Crippen LogP contribution >= 0.6 is 0 Å². The fraction of sp³-hybridized carbons (Fsp3) is 0.388. The van der Waals surface area contributed by atoms with Crippen LogP contribution in [0.2, 0.25) is 0 Å². The minimum atomic E-state index is -1.09. The maximum absolute atomic E-state index is 13.2. The number of anilines is 3. The van der Waals surface area contributed by atoms with Gasteiger partial charge >= 0.3 is 84.5 Å². The Morgan fingerprint density at radius 1 is 0.432 bits per heavy atom. The van der Waals surface area contributed by atoms with Crippen molar-refractivity contribution in [2.24, 2.45) is 9.86 Å². The summed E-state index contributed by atoms with van der Waals surface area (Å²) in [6.45, 7) is 11.9. The van der Waals surface area contributed by atoms with Gasteiger partial charge in [0.25, 0.3) is 0 Å². The van der Waals surface area contributed by atoms with E-state index < -0.39 is 17.9 Å². The number of ether oxygens (including phenoxy) is 6. The number of aromatic nitrogens is 15. The average Bonchev–Trinajstić information content (AvgIpc) is 1.59. The van der Waals surface area contributed by atoms with E-state index in [0.29, 0.717) is 150 Å². The van der Waals surface area contributed by atoms with Gasteiger partial charge in [0.2, 0.25) is 17.7 Å². The molecule has 0 unspecified atom stereocenters. The molecule has 36 heteroatoms. The van der Waals surface area contributed by atoms with Crippen LogP contribution in [0.15, 0.2) is 201 Å². The first kappa shape index (κ1) is 94.3. The van der Waals surface area contributed by atoms with Crippen molar-refractivity contribution in [2.75, 3.05) is 120 Å². The van der Waals surface area contributed by atoms with Crippen molar-refractivity contribution in [1.82, 2.24) is 87.1 Å². The molecule has 0 spiro atoms. The number of likely N-dealkylation sites (tertiary alicyclic amines) is 3. The molecule has 6 saturated heterocycles. The van der Waals surface area contributed by atoms with Crippen LogP contribution in [0.1, 0.15) is 150 Å². The summed E-state index contributed by atoms with van der Waals surface area (Å²) in [6, 6.07) is 48.6. The van der Waals surface area contributed by atoms with Crippen LogP contribution in [0.5, 0.6) is 0 Å². The number of carbonyl (C=O) groups excluding carboxylic acids is 5. The van der Waals surface area contributed by atoms with E-state index in [1.54, 1.807) is 53.1 Å². The topological polar surface area (TPSA) is 368 Å². The number of carbonyl (C=O) groups is 6. The van der Waals surface area contributed by atoms with Crippen molar-refractivity contribution in [3.8, 4) is 33.8 Å². The Labute approximate surface area is 813 Å². The molecule has 139 heavy (non-hydrogen) atoms. The Morgan fingerprint density at radius 3 is 1.05 bits per heavy atom. The predicted octanol–water partition coefficient (Wildman–Crippen LogP) is 10.4. The van der Waals surface area contributed by atoms with E-state index in [1.165, 1.54) is 35.9 Å². The Kier molecular flexibility index (Phi) is 28.7. The number of benzene rings is 3. The minimum absolute atomic E-state index is 0.00126. The monoisotopic (exact) mass is 1990 g/mol. The molecule has 3 amide bonds. The van der Waals surface area contributed by atoms with E-state index in [-0.39, 0.29) is 99.9 Å². The number of esters is 2. The van der Waals surface area contributed by atoms with E-state index in [9.17, 15) is 33.9 Å². The third kappa shape index (κ3) is 19.8. The van der Waals surface area contributed by atoms with Gasteiger partial charge in [-0.1, -0.05) is 91.0 Å². The number of methoxy groups -OCH3 is 1. The number of rotatable bonds is 26. The summed E-state index contributed by atoms with van der Waals surface area (Å²) in [7, 11) is 7.74. The molecule has 6 aliphatic heterocycles. The number of amides is 3. The van der Waals surface area contributed by atoms with Crippen molar-refractivity contribution in [3.05, 3.63) is 235 Å². The molecular weight excluding hydrogens is 1880 g/mol. The molecule has 15 aromatic rings. The number of hydrogen-bond donors (Lipinski definition) is 2. The molecular formula is C103H114IN22O13-. The van der Waals surface area contributed by atoms with Crippen molar-refractivity contribution < 1.29 is 83.8 Å². The molecule has 35 nitrogen and oxygen atoms in total. The Bertz CT molecular complexity index is 6680. The summed E-state index contributed by atoms with van der Waals surface area (Å²) in [4.78, 5) is 119. The Balaban J connectivity index is 0.000000127. The second-order valence-electron chi connectivity index (χ2n) is 36.3. The van der Waals surface area contributed by atoms with Crippen molar-refractivity contribution in [2.45, 2.75) is 146 Å². The average molecular weight is 2000 g/mol. The van der Waals surface area contributed by atoms with Gasteiger partial charge in [-0.2, -0.15) is 28.8 Å². The number of halogens is 1. The molecule has 5 atom stereocenters. The van der Waals surface area contributed by atoms with Gasteiger partial charge < -0.3 is 71.9 Å². The number of carboxylic acids is 1. The SMILES string of the molecule is CCOC(=O)c1cnn2c(N(C)Cc3ccccc3)cc(-c3cn([C@@H]4CC(=O)N(C5CCOCC5)C4)c4ncccc34)nc12.CCOC(=O)c1cnn2c(N(C)Cc3ccccc3)cc(-c3cn([C@H]4CC(=O)N(C5CCOCC5)C4)c4ncccc34)nc12.CN(Cc1ccccc1)c1cc(-c2cn([C@@H]3CC(=O)N(C4CCOCC4)C3)c3ncccc23)nc2c(C(=O)O)cnn12.CO[C@H]1CC[C@@H]1C[I-]N. The van der Waals surface area contributed by atoms with Crippen molar-refractivity contribution in [1.29, 1.82) is 0 Å². The first-order valence-electron chi connectivity index (χ1n) is 47.7. The van der Waals surface area contributed by atoms with Crippen LogP contribution in [0.3, 0.4) is 0 Å². The van der Waals surface area contributed by atoms with Crippen LogP contribution in [0.4, 0.5) is 17.5 Å². The number of pyridine rings is 3. The Morgan fingerprint density at radius 2 is 0.755 bits per heavy atom. The summed E-state index contributed by atoms with van der Waals surface area (Å²) in [5.41, 5.74) is 12.0. The van der Waals surface area contributed by atoms with Crippen LogP contribution in [0, 0.1) is 5.92 Å². The quantitative estimate of drug-likeness (QED) is 0.0220.